The maximum absolute atomic E-state index is 11.9. The van der Waals surface area contributed by atoms with Crippen LogP contribution in [-0.2, 0) is 4.79 Å². The Labute approximate surface area is 141 Å². The number of hydrogen-bond acceptors (Lipinski definition) is 3. The fourth-order valence-corrected chi connectivity index (χ4v) is 3.20. The quantitative estimate of drug-likeness (QED) is 0.598. The van der Waals surface area contributed by atoms with Gasteiger partial charge in [-0.2, -0.15) is 0 Å². The summed E-state index contributed by atoms with van der Waals surface area (Å²) in [6, 6.07) is 10.4. The van der Waals surface area contributed by atoms with Crippen LogP contribution in [0.25, 0.3) is 0 Å². The largest absolute Gasteiger partial charge is 0.399 e. The highest BCUT2D eigenvalue weighted by atomic mass is 35.5. The molecule has 110 valence electrons. The van der Waals surface area contributed by atoms with Crippen molar-refractivity contribution in [1.29, 1.82) is 0 Å². The van der Waals surface area contributed by atoms with Gasteiger partial charge in [0.15, 0.2) is 0 Å². The number of rotatable bonds is 4. The van der Waals surface area contributed by atoms with Crippen molar-refractivity contribution >= 4 is 63.8 Å². The zero-order chi connectivity index (χ0) is 15.4. The van der Waals surface area contributed by atoms with Crippen molar-refractivity contribution in [2.24, 2.45) is 0 Å². The average Bonchev–Trinajstić information content (AvgIpc) is 2.40. The Morgan fingerprint density at radius 2 is 1.81 bits per heavy atom. The third-order valence-electron chi connectivity index (χ3n) is 2.49. The van der Waals surface area contributed by atoms with Gasteiger partial charge in [0.05, 0.1) is 21.5 Å². The Bertz CT molecular complexity index is 656. The van der Waals surface area contributed by atoms with Gasteiger partial charge in [-0.25, -0.2) is 0 Å². The topological polar surface area (TPSA) is 55.1 Å². The predicted molar refractivity (Wildman–Crippen MR) is 91.7 cm³/mol. The molecule has 0 aliphatic heterocycles. The molecule has 0 heterocycles. The summed E-state index contributed by atoms with van der Waals surface area (Å²) in [5.41, 5.74) is 6.42. The van der Waals surface area contributed by atoms with Gasteiger partial charge in [0.1, 0.15) is 0 Å². The van der Waals surface area contributed by atoms with E-state index in [2.05, 4.69) is 5.32 Å². The van der Waals surface area contributed by atoms with Gasteiger partial charge in [-0.3, -0.25) is 4.79 Å². The average molecular weight is 362 g/mol. The van der Waals surface area contributed by atoms with Gasteiger partial charge < -0.3 is 11.1 Å². The van der Waals surface area contributed by atoms with E-state index in [1.165, 1.54) is 23.9 Å². The van der Waals surface area contributed by atoms with Gasteiger partial charge >= 0.3 is 0 Å². The van der Waals surface area contributed by atoms with Crippen LogP contribution in [-0.4, -0.2) is 11.7 Å². The third kappa shape index (κ3) is 4.71. The molecule has 3 nitrogen and oxygen atoms in total. The van der Waals surface area contributed by atoms with Crippen molar-refractivity contribution in [3.63, 3.8) is 0 Å². The van der Waals surface area contributed by atoms with Crippen molar-refractivity contribution in [3.05, 3.63) is 51.5 Å². The summed E-state index contributed by atoms with van der Waals surface area (Å²) >= 11 is 19.3. The highest BCUT2D eigenvalue weighted by molar-refractivity contribution is 8.00. The van der Waals surface area contributed by atoms with Crippen molar-refractivity contribution < 1.29 is 4.79 Å². The van der Waals surface area contributed by atoms with Crippen LogP contribution in [0.4, 0.5) is 11.4 Å². The minimum absolute atomic E-state index is 0.214. The molecule has 21 heavy (non-hydrogen) atoms. The van der Waals surface area contributed by atoms with E-state index in [0.717, 1.165) is 4.90 Å². The monoisotopic (exact) mass is 360 g/mol. The lowest BCUT2D eigenvalue weighted by Gasteiger charge is -2.10. The molecule has 2 aromatic carbocycles. The van der Waals surface area contributed by atoms with Gasteiger partial charge in [0, 0.05) is 15.6 Å². The van der Waals surface area contributed by atoms with Gasteiger partial charge in [-0.1, -0.05) is 40.9 Å². The van der Waals surface area contributed by atoms with Crippen molar-refractivity contribution in [2.75, 3.05) is 16.8 Å². The summed E-state index contributed by atoms with van der Waals surface area (Å²) in [6.45, 7) is 0. The molecule has 0 atom stereocenters. The minimum atomic E-state index is -0.214. The molecule has 0 fully saturated rings. The highest BCUT2D eigenvalue weighted by Crippen LogP contribution is 2.33. The number of carbonyl (C=O) groups excluding carboxylic acids is 1. The third-order valence-corrected chi connectivity index (χ3v) is 4.32. The second-order valence-electron chi connectivity index (χ2n) is 4.15. The summed E-state index contributed by atoms with van der Waals surface area (Å²) in [4.78, 5) is 12.9. The molecule has 0 aliphatic rings. The van der Waals surface area contributed by atoms with E-state index in [1.807, 2.05) is 12.1 Å². The Morgan fingerprint density at radius 1 is 1.14 bits per heavy atom. The molecule has 7 heteroatoms. The number of anilines is 2. The first-order valence-electron chi connectivity index (χ1n) is 5.88. The minimum Gasteiger partial charge on any atom is -0.399 e. The van der Waals surface area contributed by atoms with Crippen LogP contribution in [0.15, 0.2) is 41.3 Å². The van der Waals surface area contributed by atoms with Crippen LogP contribution in [0, 0.1) is 0 Å². The molecule has 0 bridgehead atoms. The fraction of sp³-hybridized carbons (Fsp3) is 0.0714. The first-order chi connectivity index (χ1) is 9.95. The summed E-state index contributed by atoms with van der Waals surface area (Å²) < 4.78 is 0. The Hall–Kier alpha value is -1.07. The highest BCUT2D eigenvalue weighted by Gasteiger charge is 2.11. The summed E-state index contributed by atoms with van der Waals surface area (Å²) in [5.74, 6) is 0.00531. The van der Waals surface area contributed by atoms with E-state index in [0.29, 0.717) is 26.4 Å². The van der Waals surface area contributed by atoms with Crippen LogP contribution in [0.1, 0.15) is 0 Å². The van der Waals surface area contributed by atoms with E-state index in [1.54, 1.807) is 12.1 Å². The predicted octanol–water partition coefficient (Wildman–Crippen LogP) is 4.96. The number of halogens is 3. The van der Waals surface area contributed by atoms with Crippen LogP contribution >= 0.6 is 46.6 Å². The number of hydrogen-bond donors (Lipinski definition) is 2. The van der Waals surface area contributed by atoms with Gasteiger partial charge in [-0.05, 0) is 30.3 Å². The van der Waals surface area contributed by atoms with E-state index >= 15 is 0 Å². The second-order valence-corrected chi connectivity index (χ2v) is 6.45. The van der Waals surface area contributed by atoms with Crippen LogP contribution in [0.5, 0.6) is 0 Å². The molecule has 2 rings (SSSR count). The molecule has 0 saturated heterocycles. The van der Waals surface area contributed by atoms with E-state index < -0.39 is 0 Å². The molecular formula is C14H11Cl3N2OS. The lowest BCUT2D eigenvalue weighted by molar-refractivity contribution is -0.113. The number of nitrogen functional groups attached to an aromatic ring is 1. The second kappa shape index (κ2) is 7.27. The Kier molecular flexibility index (Phi) is 5.65. The molecule has 0 radical (unpaired) electrons. The first kappa shape index (κ1) is 16.3. The SMILES string of the molecule is Nc1cc(Cl)c(NC(=O)CSc2cccc(Cl)c2)c(Cl)c1. The van der Waals surface area contributed by atoms with Gasteiger partial charge in [0.2, 0.25) is 5.91 Å². The molecule has 0 aliphatic carbocycles. The zero-order valence-electron chi connectivity index (χ0n) is 10.7. The van der Waals surface area contributed by atoms with Gasteiger partial charge in [-0.15, -0.1) is 11.8 Å². The van der Waals surface area contributed by atoms with Crippen molar-refractivity contribution in [1.82, 2.24) is 0 Å². The van der Waals surface area contributed by atoms with Gasteiger partial charge in [0.25, 0.3) is 0 Å². The first-order valence-corrected chi connectivity index (χ1v) is 8.00. The number of nitrogens with one attached hydrogen (secondary N) is 1. The molecule has 0 unspecified atom stereocenters. The standard InChI is InChI=1S/C14H11Cl3N2OS/c15-8-2-1-3-10(4-8)21-7-13(20)19-14-11(16)5-9(18)6-12(14)17/h1-6H,7,18H2,(H,19,20). The Balaban J connectivity index is 1.99. The maximum Gasteiger partial charge on any atom is 0.234 e. The number of nitrogens with two attached hydrogens (primary N) is 1. The molecular weight excluding hydrogens is 351 g/mol. The van der Waals surface area contributed by atoms with E-state index in [4.69, 9.17) is 40.5 Å². The number of benzene rings is 2. The smallest absolute Gasteiger partial charge is 0.234 e. The fourth-order valence-electron chi connectivity index (χ4n) is 1.59. The van der Waals surface area contributed by atoms with E-state index in [9.17, 15) is 4.79 Å². The molecule has 0 spiro atoms. The maximum atomic E-state index is 11.9. The lowest BCUT2D eigenvalue weighted by atomic mass is 10.3. The van der Waals surface area contributed by atoms with Crippen LogP contribution < -0.4 is 11.1 Å². The molecule has 2 aromatic rings. The number of amides is 1. The van der Waals surface area contributed by atoms with Crippen molar-refractivity contribution in [2.45, 2.75) is 4.90 Å². The normalized spacial score (nSPS) is 10.4. The summed E-state index contributed by atoms with van der Waals surface area (Å²) in [7, 11) is 0. The van der Waals surface area contributed by atoms with Crippen molar-refractivity contribution in [3.8, 4) is 0 Å². The van der Waals surface area contributed by atoms with Crippen LogP contribution in [0.3, 0.4) is 0 Å². The molecule has 0 saturated carbocycles. The van der Waals surface area contributed by atoms with E-state index in [-0.39, 0.29) is 11.7 Å². The van der Waals surface area contributed by atoms with Crippen LogP contribution in [0.2, 0.25) is 15.1 Å². The summed E-state index contributed by atoms with van der Waals surface area (Å²) in [6.07, 6.45) is 0. The number of carbonyl (C=O) groups is 1. The number of thioether (sulfide) groups is 1. The summed E-state index contributed by atoms with van der Waals surface area (Å²) in [5, 5.41) is 3.92. The molecule has 3 N–H and O–H groups in total. The molecule has 1 amide bonds. The Morgan fingerprint density at radius 3 is 2.43 bits per heavy atom. The molecule has 0 aromatic heterocycles. The lowest BCUT2D eigenvalue weighted by Crippen LogP contribution is -2.14. The zero-order valence-corrected chi connectivity index (χ0v) is 13.8.